The van der Waals surface area contributed by atoms with Crippen LogP contribution in [0.3, 0.4) is 0 Å². The predicted molar refractivity (Wildman–Crippen MR) is 80.0 cm³/mol. The van der Waals surface area contributed by atoms with Crippen LogP contribution in [0.2, 0.25) is 5.02 Å². The van der Waals surface area contributed by atoms with Crippen LogP contribution in [0.25, 0.3) is 20.9 Å². The van der Waals surface area contributed by atoms with Crippen molar-refractivity contribution in [3.05, 3.63) is 29.3 Å². The molecule has 0 bridgehead atoms. The third-order valence-corrected chi connectivity index (χ3v) is 4.98. The fourth-order valence-electron chi connectivity index (χ4n) is 1.64. The number of thiophene rings is 1. The van der Waals surface area contributed by atoms with Crippen LogP contribution >= 0.6 is 34.7 Å². The fourth-order valence-corrected chi connectivity index (χ4v) is 3.58. The third kappa shape index (κ3) is 2.52. The fraction of sp³-hybridized carbons (Fsp3) is 0.0833. The number of halogens is 1. The van der Waals surface area contributed by atoms with E-state index in [1.54, 1.807) is 0 Å². The lowest BCUT2D eigenvalue weighted by atomic mass is 10.2. The van der Waals surface area contributed by atoms with Crippen LogP contribution in [0.1, 0.15) is 0 Å². The van der Waals surface area contributed by atoms with Gasteiger partial charge < -0.3 is 10.2 Å². The van der Waals surface area contributed by atoms with Gasteiger partial charge in [-0.2, -0.15) is 0 Å². The van der Waals surface area contributed by atoms with E-state index < -0.39 is 5.91 Å². The molecule has 0 aliphatic carbocycles. The number of nitrogens with zero attached hydrogens (tertiary/aromatic N) is 2. The topological polar surface area (TPSA) is 82.0 Å². The Labute approximate surface area is 127 Å². The van der Waals surface area contributed by atoms with Crippen LogP contribution < -0.4 is 5.73 Å². The molecule has 0 fully saturated rings. The van der Waals surface area contributed by atoms with Crippen molar-refractivity contribution in [3.63, 3.8) is 0 Å². The monoisotopic (exact) mass is 325 g/mol. The highest BCUT2D eigenvalue weighted by Gasteiger charge is 2.17. The molecule has 0 atom stereocenters. The highest BCUT2D eigenvalue weighted by molar-refractivity contribution is 7.99. The number of rotatable bonds is 4. The first-order valence-electron chi connectivity index (χ1n) is 5.57. The summed E-state index contributed by atoms with van der Waals surface area (Å²) in [6.07, 6.45) is 0. The van der Waals surface area contributed by atoms with Gasteiger partial charge in [0.15, 0.2) is 0 Å². The number of carbonyl (C=O) groups excluding carboxylic acids is 1. The van der Waals surface area contributed by atoms with Crippen molar-refractivity contribution in [1.82, 2.24) is 10.2 Å². The Kier molecular flexibility index (Phi) is 3.64. The van der Waals surface area contributed by atoms with Crippen LogP contribution in [0.15, 0.2) is 33.9 Å². The summed E-state index contributed by atoms with van der Waals surface area (Å²) in [5.41, 5.74) is 5.06. The molecule has 0 radical (unpaired) electrons. The minimum Gasteiger partial charge on any atom is -0.410 e. The number of carbonyl (C=O) groups is 1. The molecule has 8 heteroatoms. The van der Waals surface area contributed by atoms with E-state index in [9.17, 15) is 4.79 Å². The maximum atomic E-state index is 10.7. The van der Waals surface area contributed by atoms with E-state index >= 15 is 0 Å². The van der Waals surface area contributed by atoms with Gasteiger partial charge in [0.05, 0.1) is 10.8 Å². The highest BCUT2D eigenvalue weighted by Crippen LogP contribution is 2.41. The van der Waals surface area contributed by atoms with Crippen LogP contribution in [-0.2, 0) is 4.79 Å². The normalized spacial score (nSPS) is 11.1. The summed E-state index contributed by atoms with van der Waals surface area (Å²) in [7, 11) is 0. The SMILES string of the molecule is NC(=O)CSc1nnc(-c2sc3ccccc3c2Cl)o1. The van der Waals surface area contributed by atoms with Gasteiger partial charge in [-0.3, -0.25) is 4.79 Å². The third-order valence-electron chi connectivity index (χ3n) is 2.47. The highest BCUT2D eigenvalue weighted by atomic mass is 35.5. The average molecular weight is 326 g/mol. The van der Waals surface area contributed by atoms with Gasteiger partial charge in [-0.1, -0.05) is 41.6 Å². The summed E-state index contributed by atoms with van der Waals surface area (Å²) < 4.78 is 6.54. The molecular formula is C12H8ClN3O2S2. The zero-order valence-electron chi connectivity index (χ0n) is 10.00. The summed E-state index contributed by atoms with van der Waals surface area (Å²) in [5, 5.41) is 9.67. The van der Waals surface area contributed by atoms with Crippen molar-refractivity contribution in [2.45, 2.75) is 5.22 Å². The standard InChI is InChI=1S/C12H8ClN3O2S2/c13-9-6-3-1-2-4-7(6)20-10(9)11-15-16-12(18-11)19-5-8(14)17/h1-4H,5H2,(H2,14,17). The second kappa shape index (κ2) is 5.43. The largest absolute Gasteiger partial charge is 0.410 e. The maximum absolute atomic E-state index is 10.7. The molecule has 0 aliphatic heterocycles. The summed E-state index contributed by atoms with van der Waals surface area (Å²) in [5.74, 6) is 0.0136. The molecule has 3 rings (SSSR count). The van der Waals surface area contributed by atoms with Gasteiger partial charge in [-0.05, 0) is 6.07 Å². The zero-order valence-corrected chi connectivity index (χ0v) is 12.4. The second-order valence-corrected chi connectivity index (χ2v) is 6.23. The Morgan fingerprint density at radius 3 is 2.95 bits per heavy atom. The second-order valence-electron chi connectivity index (χ2n) is 3.87. The molecule has 0 spiro atoms. The van der Waals surface area contributed by atoms with E-state index in [0.717, 1.165) is 26.7 Å². The van der Waals surface area contributed by atoms with Gasteiger partial charge in [0.25, 0.3) is 11.1 Å². The number of nitrogens with two attached hydrogens (primary N) is 1. The van der Waals surface area contributed by atoms with Crippen molar-refractivity contribution >= 4 is 50.7 Å². The number of aromatic nitrogens is 2. The summed E-state index contributed by atoms with van der Waals surface area (Å²) in [6, 6.07) is 7.79. The van der Waals surface area contributed by atoms with E-state index in [0.29, 0.717) is 16.1 Å². The Morgan fingerprint density at radius 2 is 2.20 bits per heavy atom. The molecule has 102 valence electrons. The molecule has 0 aliphatic rings. The van der Waals surface area contributed by atoms with Gasteiger partial charge >= 0.3 is 0 Å². The number of benzene rings is 1. The van der Waals surface area contributed by atoms with E-state index in [1.165, 1.54) is 11.3 Å². The van der Waals surface area contributed by atoms with Gasteiger partial charge in [0.2, 0.25) is 5.91 Å². The van der Waals surface area contributed by atoms with Crippen LogP contribution in [0.4, 0.5) is 0 Å². The minimum absolute atomic E-state index is 0.0990. The van der Waals surface area contributed by atoms with Gasteiger partial charge in [-0.15, -0.1) is 21.5 Å². The lowest BCUT2D eigenvalue weighted by Crippen LogP contribution is -2.12. The van der Waals surface area contributed by atoms with Crippen LogP contribution in [0.5, 0.6) is 0 Å². The predicted octanol–water partition coefficient (Wildman–Crippen LogP) is 3.18. The molecule has 1 aromatic carbocycles. The molecule has 20 heavy (non-hydrogen) atoms. The van der Waals surface area contributed by atoms with Crippen molar-refractivity contribution in [2.24, 2.45) is 5.73 Å². The first-order chi connectivity index (χ1) is 9.65. The lowest BCUT2D eigenvalue weighted by Gasteiger charge is -1.91. The van der Waals surface area contributed by atoms with E-state index in [1.807, 2.05) is 24.3 Å². The molecular weight excluding hydrogens is 318 g/mol. The molecule has 5 nitrogen and oxygen atoms in total. The molecule has 2 aromatic heterocycles. The number of hydrogen-bond donors (Lipinski definition) is 1. The molecule has 2 N–H and O–H groups in total. The Bertz CT molecular complexity index is 784. The Balaban J connectivity index is 1.95. The molecule has 0 saturated carbocycles. The number of amides is 1. The Morgan fingerprint density at radius 1 is 1.40 bits per heavy atom. The smallest absolute Gasteiger partial charge is 0.277 e. The maximum Gasteiger partial charge on any atom is 0.277 e. The first-order valence-corrected chi connectivity index (χ1v) is 7.75. The van der Waals surface area contributed by atoms with E-state index in [4.69, 9.17) is 21.8 Å². The van der Waals surface area contributed by atoms with Crippen molar-refractivity contribution < 1.29 is 9.21 Å². The molecule has 3 aromatic rings. The van der Waals surface area contributed by atoms with E-state index in [2.05, 4.69) is 10.2 Å². The summed E-state index contributed by atoms with van der Waals surface area (Å²) in [6.45, 7) is 0. The number of fused-ring (bicyclic) bond motifs is 1. The molecule has 2 heterocycles. The van der Waals surface area contributed by atoms with Gasteiger partial charge in [-0.25, -0.2) is 0 Å². The Hall–Kier alpha value is -1.57. The van der Waals surface area contributed by atoms with Gasteiger partial charge in [0.1, 0.15) is 4.88 Å². The summed E-state index contributed by atoms with van der Waals surface area (Å²) in [4.78, 5) is 11.4. The quantitative estimate of drug-likeness (QED) is 0.745. The van der Waals surface area contributed by atoms with Gasteiger partial charge in [0, 0.05) is 10.1 Å². The van der Waals surface area contributed by atoms with E-state index in [-0.39, 0.29) is 5.75 Å². The number of hydrogen-bond acceptors (Lipinski definition) is 6. The number of primary amides is 1. The minimum atomic E-state index is -0.436. The molecule has 0 unspecified atom stereocenters. The van der Waals surface area contributed by atoms with Crippen molar-refractivity contribution in [3.8, 4) is 10.8 Å². The number of thioether (sulfide) groups is 1. The van der Waals surface area contributed by atoms with Crippen molar-refractivity contribution in [1.29, 1.82) is 0 Å². The summed E-state index contributed by atoms with van der Waals surface area (Å²) >= 11 is 8.92. The lowest BCUT2D eigenvalue weighted by molar-refractivity contribution is -0.115. The van der Waals surface area contributed by atoms with Crippen LogP contribution in [0, 0.1) is 0 Å². The van der Waals surface area contributed by atoms with Crippen LogP contribution in [-0.4, -0.2) is 21.9 Å². The average Bonchev–Trinajstić information content (AvgIpc) is 3.02. The molecule has 1 amide bonds. The van der Waals surface area contributed by atoms with Crippen molar-refractivity contribution in [2.75, 3.05) is 5.75 Å². The first kappa shape index (κ1) is 13.4. The molecule has 0 saturated heterocycles. The zero-order chi connectivity index (χ0) is 14.1.